The van der Waals surface area contributed by atoms with Gasteiger partial charge in [-0.2, -0.15) is 0 Å². The van der Waals surface area contributed by atoms with Gasteiger partial charge in [0.1, 0.15) is 5.75 Å². The van der Waals surface area contributed by atoms with E-state index in [2.05, 4.69) is 12.1 Å². The molecule has 2 saturated carbocycles. The van der Waals surface area contributed by atoms with Gasteiger partial charge in [0.15, 0.2) is 0 Å². The van der Waals surface area contributed by atoms with Crippen molar-refractivity contribution < 1.29 is 5.11 Å². The molecule has 0 atom stereocenters. The lowest BCUT2D eigenvalue weighted by atomic mass is 9.68. The zero-order valence-electron chi connectivity index (χ0n) is 10.5. The van der Waals surface area contributed by atoms with Crippen LogP contribution in [0.1, 0.15) is 62.8 Å². The molecule has 1 aromatic rings. The van der Waals surface area contributed by atoms with E-state index >= 15 is 0 Å². The van der Waals surface area contributed by atoms with Crippen molar-refractivity contribution in [2.75, 3.05) is 0 Å². The first-order chi connectivity index (χ1) is 8.27. The molecular weight excluding hydrogens is 208 g/mol. The highest BCUT2D eigenvalue weighted by atomic mass is 16.3. The second-order valence-electron chi connectivity index (χ2n) is 6.07. The molecule has 0 bridgehead atoms. The first kappa shape index (κ1) is 11.1. The van der Waals surface area contributed by atoms with Crippen molar-refractivity contribution in [3.05, 3.63) is 29.8 Å². The van der Waals surface area contributed by atoms with Crippen molar-refractivity contribution in [2.24, 2.45) is 5.41 Å². The first-order valence-electron chi connectivity index (χ1n) is 7.06. The van der Waals surface area contributed by atoms with Crippen LogP contribution in [0.2, 0.25) is 0 Å². The minimum absolute atomic E-state index is 0.386. The Balaban J connectivity index is 1.66. The highest BCUT2D eigenvalue weighted by molar-refractivity contribution is 5.28. The maximum atomic E-state index is 9.32. The Morgan fingerprint density at radius 2 is 1.47 bits per heavy atom. The van der Waals surface area contributed by atoms with Crippen LogP contribution in [0.15, 0.2) is 24.3 Å². The van der Waals surface area contributed by atoms with Crippen LogP contribution in [0.25, 0.3) is 0 Å². The number of benzene rings is 1. The molecule has 0 heterocycles. The van der Waals surface area contributed by atoms with Crippen molar-refractivity contribution in [1.82, 2.24) is 0 Å². The van der Waals surface area contributed by atoms with Gasteiger partial charge in [-0.15, -0.1) is 0 Å². The second kappa shape index (κ2) is 4.36. The van der Waals surface area contributed by atoms with E-state index < -0.39 is 0 Å². The van der Waals surface area contributed by atoms with Crippen molar-refractivity contribution >= 4 is 0 Å². The van der Waals surface area contributed by atoms with Gasteiger partial charge >= 0.3 is 0 Å². The SMILES string of the molecule is Oc1ccc(C2CCC3(CCCC3)CC2)cc1. The summed E-state index contributed by atoms with van der Waals surface area (Å²) >= 11 is 0. The van der Waals surface area contributed by atoms with Crippen molar-refractivity contribution in [3.63, 3.8) is 0 Å². The van der Waals surface area contributed by atoms with E-state index in [1.165, 1.54) is 56.9 Å². The van der Waals surface area contributed by atoms with Crippen LogP contribution >= 0.6 is 0 Å². The van der Waals surface area contributed by atoms with E-state index in [-0.39, 0.29) is 0 Å². The summed E-state index contributed by atoms with van der Waals surface area (Å²) in [7, 11) is 0. The molecule has 1 nitrogen and oxygen atoms in total. The van der Waals surface area contributed by atoms with Gasteiger partial charge < -0.3 is 5.11 Å². The van der Waals surface area contributed by atoms with Crippen LogP contribution in [0, 0.1) is 5.41 Å². The normalized spacial score (nSPS) is 24.2. The Kier molecular flexibility index (Phi) is 2.85. The minimum atomic E-state index is 0.386. The van der Waals surface area contributed by atoms with Crippen molar-refractivity contribution in [3.8, 4) is 5.75 Å². The third-order valence-electron chi connectivity index (χ3n) is 5.07. The molecule has 2 aliphatic rings. The summed E-state index contributed by atoms with van der Waals surface area (Å²) < 4.78 is 0. The molecule has 1 heteroatoms. The molecule has 0 unspecified atom stereocenters. The van der Waals surface area contributed by atoms with Crippen molar-refractivity contribution in [1.29, 1.82) is 0 Å². The average molecular weight is 230 g/mol. The van der Waals surface area contributed by atoms with Crippen LogP contribution in [0.4, 0.5) is 0 Å². The number of aromatic hydroxyl groups is 1. The molecule has 0 aromatic heterocycles. The van der Waals surface area contributed by atoms with Gasteiger partial charge in [0.2, 0.25) is 0 Å². The largest absolute Gasteiger partial charge is 0.508 e. The average Bonchev–Trinajstić information content (AvgIpc) is 2.80. The molecule has 2 fully saturated rings. The van der Waals surface area contributed by atoms with E-state index in [0.717, 1.165) is 11.3 Å². The van der Waals surface area contributed by atoms with Gasteiger partial charge in [-0.1, -0.05) is 25.0 Å². The Labute approximate surface area is 104 Å². The zero-order valence-corrected chi connectivity index (χ0v) is 10.5. The molecule has 1 spiro atoms. The van der Waals surface area contributed by atoms with Crippen LogP contribution in [0.5, 0.6) is 5.75 Å². The Morgan fingerprint density at radius 1 is 0.882 bits per heavy atom. The molecule has 1 N–H and O–H groups in total. The van der Waals surface area contributed by atoms with E-state index in [4.69, 9.17) is 0 Å². The third kappa shape index (κ3) is 2.20. The monoisotopic (exact) mass is 230 g/mol. The van der Waals surface area contributed by atoms with Crippen LogP contribution in [0.3, 0.4) is 0 Å². The highest BCUT2D eigenvalue weighted by Crippen LogP contribution is 2.52. The quantitative estimate of drug-likeness (QED) is 0.747. The lowest BCUT2D eigenvalue weighted by molar-refractivity contribution is 0.181. The molecule has 0 saturated heterocycles. The molecular formula is C16H22O. The lowest BCUT2D eigenvalue weighted by Crippen LogP contribution is -2.23. The van der Waals surface area contributed by atoms with Gasteiger partial charge in [0.05, 0.1) is 0 Å². The van der Waals surface area contributed by atoms with Gasteiger partial charge in [-0.3, -0.25) is 0 Å². The third-order valence-corrected chi connectivity index (χ3v) is 5.07. The summed E-state index contributed by atoms with van der Waals surface area (Å²) in [6.07, 6.45) is 11.4. The molecule has 1 aromatic carbocycles. The highest BCUT2D eigenvalue weighted by Gasteiger charge is 2.37. The smallest absolute Gasteiger partial charge is 0.115 e. The molecule has 0 amide bonds. The number of hydrogen-bond acceptors (Lipinski definition) is 1. The minimum Gasteiger partial charge on any atom is -0.508 e. The van der Waals surface area contributed by atoms with E-state index in [0.29, 0.717) is 5.75 Å². The molecule has 3 rings (SSSR count). The zero-order chi connectivity index (χ0) is 11.7. The standard InChI is InChI=1S/C16H22O/c17-15-5-3-13(4-6-15)14-7-11-16(12-8-14)9-1-2-10-16/h3-6,14,17H,1-2,7-12H2. The van der Waals surface area contributed by atoms with Crippen LogP contribution < -0.4 is 0 Å². The van der Waals surface area contributed by atoms with E-state index in [9.17, 15) is 5.11 Å². The summed E-state index contributed by atoms with van der Waals surface area (Å²) in [5, 5.41) is 9.32. The van der Waals surface area contributed by atoms with E-state index in [1.807, 2.05) is 12.1 Å². The molecule has 92 valence electrons. The number of phenolic OH excluding ortho intramolecular Hbond substituents is 1. The molecule has 17 heavy (non-hydrogen) atoms. The Hall–Kier alpha value is -0.980. The van der Waals surface area contributed by atoms with E-state index in [1.54, 1.807) is 0 Å². The fourth-order valence-corrected chi connectivity index (χ4v) is 3.93. The van der Waals surface area contributed by atoms with Crippen molar-refractivity contribution in [2.45, 2.75) is 57.3 Å². The second-order valence-corrected chi connectivity index (χ2v) is 6.07. The van der Waals surface area contributed by atoms with Gasteiger partial charge in [-0.25, -0.2) is 0 Å². The van der Waals surface area contributed by atoms with Gasteiger partial charge in [0, 0.05) is 0 Å². The molecule has 0 aliphatic heterocycles. The summed E-state index contributed by atoms with van der Waals surface area (Å²) in [6, 6.07) is 7.86. The van der Waals surface area contributed by atoms with Crippen LogP contribution in [-0.4, -0.2) is 5.11 Å². The Bertz CT molecular complexity index is 363. The van der Waals surface area contributed by atoms with Crippen LogP contribution in [-0.2, 0) is 0 Å². The lowest BCUT2D eigenvalue weighted by Gasteiger charge is -2.37. The number of rotatable bonds is 1. The predicted molar refractivity (Wildman–Crippen MR) is 70.2 cm³/mol. The fraction of sp³-hybridized carbons (Fsp3) is 0.625. The maximum Gasteiger partial charge on any atom is 0.115 e. The fourth-order valence-electron chi connectivity index (χ4n) is 3.93. The predicted octanol–water partition coefficient (Wildman–Crippen LogP) is 4.61. The first-order valence-corrected chi connectivity index (χ1v) is 7.06. The topological polar surface area (TPSA) is 20.2 Å². The summed E-state index contributed by atoms with van der Waals surface area (Å²) in [5.41, 5.74) is 2.16. The maximum absolute atomic E-state index is 9.32. The number of hydrogen-bond donors (Lipinski definition) is 1. The number of phenols is 1. The molecule has 2 aliphatic carbocycles. The Morgan fingerprint density at radius 3 is 2.06 bits per heavy atom. The molecule has 0 radical (unpaired) electrons. The summed E-state index contributed by atoms with van der Waals surface area (Å²) in [5.74, 6) is 1.12. The summed E-state index contributed by atoms with van der Waals surface area (Å²) in [4.78, 5) is 0. The summed E-state index contributed by atoms with van der Waals surface area (Å²) in [6.45, 7) is 0. The van der Waals surface area contributed by atoms with Gasteiger partial charge in [0.25, 0.3) is 0 Å². The van der Waals surface area contributed by atoms with Gasteiger partial charge in [-0.05, 0) is 67.6 Å².